The second-order valence-electron chi connectivity index (χ2n) is 9.52. The van der Waals surface area contributed by atoms with Gasteiger partial charge in [0.1, 0.15) is 18.1 Å². The minimum Gasteiger partial charge on any atom is -0.480 e. The van der Waals surface area contributed by atoms with Crippen molar-refractivity contribution in [2.45, 2.75) is 97.8 Å². The Hall–Kier alpha value is -2.20. The Balaban J connectivity index is 5.54. The molecule has 33 heavy (non-hydrogen) atoms. The molecule has 0 aliphatic carbocycles. The number of unbranched alkanes of at least 4 members (excludes halogenated alkanes) is 1. The molecule has 10 heteroatoms. The molecule has 5 atom stereocenters. The van der Waals surface area contributed by atoms with Crippen LogP contribution < -0.4 is 27.4 Å². The molecule has 0 fully saturated rings. The average Bonchev–Trinajstić information content (AvgIpc) is 2.73. The molecule has 0 bridgehead atoms. The number of aliphatic carboxylic acids is 1. The van der Waals surface area contributed by atoms with Gasteiger partial charge >= 0.3 is 5.97 Å². The largest absolute Gasteiger partial charge is 0.480 e. The van der Waals surface area contributed by atoms with Crippen LogP contribution in [-0.2, 0) is 19.2 Å². The van der Waals surface area contributed by atoms with Crippen LogP contribution in [0.5, 0.6) is 0 Å². The van der Waals surface area contributed by atoms with E-state index >= 15 is 0 Å². The minimum absolute atomic E-state index is 0.219. The highest BCUT2D eigenvalue weighted by atomic mass is 16.4. The highest BCUT2D eigenvalue weighted by Gasteiger charge is 2.33. The molecule has 0 aliphatic heterocycles. The van der Waals surface area contributed by atoms with Crippen molar-refractivity contribution >= 4 is 23.7 Å². The molecule has 0 saturated carbocycles. The smallest absolute Gasteiger partial charge is 0.326 e. The number of carboxylic acid groups (broad SMARTS) is 1. The summed E-state index contributed by atoms with van der Waals surface area (Å²) >= 11 is 0. The van der Waals surface area contributed by atoms with Gasteiger partial charge in [-0.2, -0.15) is 0 Å². The fourth-order valence-electron chi connectivity index (χ4n) is 3.37. The summed E-state index contributed by atoms with van der Waals surface area (Å²) < 4.78 is 0. The second-order valence-corrected chi connectivity index (χ2v) is 9.52. The maximum atomic E-state index is 13.1. The number of rotatable bonds is 16. The van der Waals surface area contributed by atoms with E-state index in [4.69, 9.17) is 11.5 Å². The predicted octanol–water partition coefficient (Wildman–Crippen LogP) is 0.730. The third-order valence-electron chi connectivity index (χ3n) is 5.67. The van der Waals surface area contributed by atoms with Crippen molar-refractivity contribution in [1.82, 2.24) is 16.0 Å². The molecule has 5 unspecified atom stereocenters. The average molecular weight is 472 g/mol. The van der Waals surface area contributed by atoms with Gasteiger partial charge in [-0.1, -0.05) is 48.0 Å². The quantitative estimate of drug-likeness (QED) is 0.180. The van der Waals surface area contributed by atoms with Crippen LogP contribution in [0, 0.1) is 17.8 Å². The van der Waals surface area contributed by atoms with Gasteiger partial charge in [0.15, 0.2) is 0 Å². The first kappa shape index (κ1) is 30.8. The van der Waals surface area contributed by atoms with Crippen LogP contribution in [0.25, 0.3) is 0 Å². The highest BCUT2D eigenvalue weighted by molar-refractivity contribution is 5.94. The zero-order valence-corrected chi connectivity index (χ0v) is 21.0. The molecule has 10 nitrogen and oxygen atoms in total. The van der Waals surface area contributed by atoms with Crippen molar-refractivity contribution < 1.29 is 24.3 Å². The molecule has 0 saturated heterocycles. The fourth-order valence-corrected chi connectivity index (χ4v) is 3.37. The van der Waals surface area contributed by atoms with Crippen LogP contribution in [0.3, 0.4) is 0 Å². The summed E-state index contributed by atoms with van der Waals surface area (Å²) in [5.74, 6) is -3.00. The third kappa shape index (κ3) is 11.5. The van der Waals surface area contributed by atoms with E-state index in [0.717, 1.165) is 0 Å². The molecule has 0 aromatic carbocycles. The van der Waals surface area contributed by atoms with Crippen LogP contribution in [0.1, 0.15) is 73.6 Å². The van der Waals surface area contributed by atoms with E-state index in [1.165, 1.54) is 0 Å². The summed E-state index contributed by atoms with van der Waals surface area (Å²) in [5.41, 5.74) is 11.5. The molecule has 8 N–H and O–H groups in total. The maximum Gasteiger partial charge on any atom is 0.326 e. The van der Waals surface area contributed by atoms with E-state index in [0.29, 0.717) is 38.6 Å². The van der Waals surface area contributed by atoms with Gasteiger partial charge in [0.2, 0.25) is 17.7 Å². The van der Waals surface area contributed by atoms with Gasteiger partial charge in [-0.15, -0.1) is 0 Å². The fraction of sp³-hybridized carbons (Fsp3) is 0.826. The molecular weight excluding hydrogens is 426 g/mol. The van der Waals surface area contributed by atoms with E-state index in [1.54, 1.807) is 20.8 Å². The molecule has 0 radical (unpaired) electrons. The first-order chi connectivity index (χ1) is 15.3. The number of carbonyl (C=O) groups excluding carboxylic acids is 3. The normalized spacial score (nSPS) is 15.9. The standard InChI is InChI=1S/C23H45N5O5/c1-7-15(6)19(22(31)27-18(14(4)5)23(32)33)28-21(30)17(10-8-9-11-24)26-20(29)16(25)12-13(2)3/h13-19H,7-12,24-25H2,1-6H3,(H,26,29)(H,27,31)(H,28,30)(H,32,33). The van der Waals surface area contributed by atoms with Crippen LogP contribution in [0.15, 0.2) is 0 Å². The molecule has 0 heterocycles. The van der Waals surface area contributed by atoms with E-state index in [9.17, 15) is 24.3 Å². The summed E-state index contributed by atoms with van der Waals surface area (Å²) in [5, 5.41) is 17.4. The van der Waals surface area contributed by atoms with Crippen LogP contribution in [-0.4, -0.2) is 59.5 Å². The monoisotopic (exact) mass is 471 g/mol. The van der Waals surface area contributed by atoms with Crippen molar-refractivity contribution in [1.29, 1.82) is 0 Å². The Morgan fingerprint density at radius 3 is 1.88 bits per heavy atom. The Labute approximate surface area is 198 Å². The number of carbonyl (C=O) groups is 4. The van der Waals surface area contributed by atoms with E-state index in [1.807, 2.05) is 20.8 Å². The lowest BCUT2D eigenvalue weighted by molar-refractivity contribution is -0.144. The van der Waals surface area contributed by atoms with E-state index < -0.39 is 47.9 Å². The summed E-state index contributed by atoms with van der Waals surface area (Å²) in [6, 6.07) is -3.63. The molecule has 0 spiro atoms. The summed E-state index contributed by atoms with van der Waals surface area (Å²) in [4.78, 5) is 50.1. The van der Waals surface area contributed by atoms with Crippen molar-refractivity contribution in [3.63, 3.8) is 0 Å². The van der Waals surface area contributed by atoms with Gasteiger partial charge in [-0.25, -0.2) is 4.79 Å². The number of nitrogens with one attached hydrogen (secondary N) is 3. The second kappa shape index (κ2) is 15.6. The SMILES string of the molecule is CCC(C)C(NC(=O)C(CCCCN)NC(=O)C(N)CC(C)C)C(=O)NC(C(=O)O)C(C)C. The molecule has 192 valence electrons. The van der Waals surface area contributed by atoms with Crippen molar-refractivity contribution in [3.8, 4) is 0 Å². The molecule has 3 amide bonds. The lowest BCUT2D eigenvalue weighted by atomic mass is 9.96. The molecule has 0 aromatic rings. The first-order valence-corrected chi connectivity index (χ1v) is 11.9. The van der Waals surface area contributed by atoms with E-state index in [-0.39, 0.29) is 17.8 Å². The summed E-state index contributed by atoms with van der Waals surface area (Å²) in [7, 11) is 0. The molecule has 0 aromatic heterocycles. The zero-order chi connectivity index (χ0) is 25.7. The summed E-state index contributed by atoms with van der Waals surface area (Å²) in [6.07, 6.45) is 2.71. The molecular formula is C23H45N5O5. The van der Waals surface area contributed by atoms with Gasteiger partial charge in [0.05, 0.1) is 6.04 Å². The van der Waals surface area contributed by atoms with E-state index in [2.05, 4.69) is 16.0 Å². The van der Waals surface area contributed by atoms with Crippen molar-refractivity contribution in [3.05, 3.63) is 0 Å². The highest BCUT2D eigenvalue weighted by Crippen LogP contribution is 2.12. The van der Waals surface area contributed by atoms with Crippen LogP contribution >= 0.6 is 0 Å². The van der Waals surface area contributed by atoms with Crippen molar-refractivity contribution in [2.24, 2.45) is 29.2 Å². The van der Waals surface area contributed by atoms with Gasteiger partial charge in [0, 0.05) is 0 Å². The Morgan fingerprint density at radius 1 is 0.848 bits per heavy atom. The van der Waals surface area contributed by atoms with Gasteiger partial charge < -0.3 is 32.5 Å². The maximum absolute atomic E-state index is 13.1. The van der Waals surface area contributed by atoms with Gasteiger partial charge in [-0.05, 0) is 50.0 Å². The van der Waals surface area contributed by atoms with Crippen LogP contribution in [0.4, 0.5) is 0 Å². The van der Waals surface area contributed by atoms with Gasteiger partial charge in [0.25, 0.3) is 0 Å². The number of nitrogens with two attached hydrogens (primary N) is 2. The number of hydrogen-bond acceptors (Lipinski definition) is 6. The Morgan fingerprint density at radius 2 is 1.42 bits per heavy atom. The van der Waals surface area contributed by atoms with Crippen LogP contribution in [0.2, 0.25) is 0 Å². The lowest BCUT2D eigenvalue weighted by Crippen LogP contribution is -2.59. The number of carboxylic acids is 1. The Bertz CT molecular complexity index is 641. The minimum atomic E-state index is -1.14. The summed E-state index contributed by atoms with van der Waals surface area (Å²) in [6.45, 7) is 11.4. The Kier molecular flexibility index (Phi) is 14.6. The molecule has 0 rings (SSSR count). The van der Waals surface area contributed by atoms with Crippen molar-refractivity contribution in [2.75, 3.05) is 6.54 Å². The van der Waals surface area contributed by atoms with Gasteiger partial charge in [-0.3, -0.25) is 14.4 Å². The lowest BCUT2D eigenvalue weighted by Gasteiger charge is -2.29. The first-order valence-electron chi connectivity index (χ1n) is 11.9. The predicted molar refractivity (Wildman–Crippen MR) is 128 cm³/mol. The molecule has 0 aliphatic rings. The zero-order valence-electron chi connectivity index (χ0n) is 21.0. The number of hydrogen-bond donors (Lipinski definition) is 6. The number of amides is 3. The topological polar surface area (TPSA) is 177 Å². The third-order valence-corrected chi connectivity index (χ3v) is 5.67.